The van der Waals surface area contributed by atoms with Crippen LogP contribution in [-0.2, 0) is 4.79 Å². The van der Waals surface area contributed by atoms with Crippen LogP contribution in [0.25, 0.3) is 0 Å². The van der Waals surface area contributed by atoms with Gasteiger partial charge >= 0.3 is 5.97 Å². The van der Waals surface area contributed by atoms with Gasteiger partial charge in [0.1, 0.15) is 0 Å². The molecule has 2 N–H and O–H groups in total. The van der Waals surface area contributed by atoms with E-state index in [0.29, 0.717) is 0 Å². The van der Waals surface area contributed by atoms with E-state index >= 15 is 0 Å². The number of amides is 1. The highest BCUT2D eigenvalue weighted by atomic mass is 16.4. The number of aromatic nitrogens is 4. The highest BCUT2D eigenvalue weighted by molar-refractivity contribution is 5.90. The lowest BCUT2D eigenvalue weighted by atomic mass is 10.4. The second kappa shape index (κ2) is 4.30. The summed E-state index contributed by atoms with van der Waals surface area (Å²) in [4.78, 5) is 22.8. The molecule has 0 bridgehead atoms. The fourth-order valence-electron chi connectivity index (χ4n) is 0.788. The highest BCUT2D eigenvalue weighted by Crippen LogP contribution is 1.95. The molecule has 14 heavy (non-hydrogen) atoms. The largest absolute Gasteiger partial charge is 0.481 e. The average Bonchev–Trinajstić information content (AvgIpc) is 2.65. The molecule has 76 valence electrons. The minimum Gasteiger partial charge on any atom is -0.481 e. The van der Waals surface area contributed by atoms with Crippen molar-refractivity contribution < 1.29 is 14.7 Å². The van der Waals surface area contributed by atoms with E-state index in [1.165, 1.54) is 11.9 Å². The van der Waals surface area contributed by atoms with Gasteiger partial charge in [-0.15, -0.1) is 10.2 Å². The van der Waals surface area contributed by atoms with E-state index in [2.05, 4.69) is 20.6 Å². The van der Waals surface area contributed by atoms with Gasteiger partial charge in [0.25, 0.3) is 11.7 Å². The summed E-state index contributed by atoms with van der Waals surface area (Å²) in [7, 11) is 1.47. The van der Waals surface area contributed by atoms with Crippen molar-refractivity contribution in [3.8, 4) is 0 Å². The molecule has 0 spiro atoms. The fourth-order valence-corrected chi connectivity index (χ4v) is 0.788. The molecule has 0 fully saturated rings. The number of nitrogens with one attached hydrogen (secondary N) is 1. The van der Waals surface area contributed by atoms with E-state index in [1.807, 2.05) is 0 Å². The number of carbonyl (C=O) groups is 2. The van der Waals surface area contributed by atoms with Crippen molar-refractivity contribution in [1.82, 2.24) is 25.5 Å². The zero-order chi connectivity index (χ0) is 10.6. The van der Waals surface area contributed by atoms with E-state index in [4.69, 9.17) is 5.11 Å². The number of hydrogen-bond donors (Lipinski definition) is 2. The van der Waals surface area contributed by atoms with Crippen molar-refractivity contribution in [3.05, 3.63) is 5.82 Å². The lowest BCUT2D eigenvalue weighted by Gasteiger charge is -2.12. The predicted molar refractivity (Wildman–Crippen MR) is 43.4 cm³/mol. The maximum absolute atomic E-state index is 11.4. The normalized spacial score (nSPS) is 9.79. The smallest absolute Gasteiger partial charge is 0.305 e. The van der Waals surface area contributed by atoms with Gasteiger partial charge in [-0.3, -0.25) is 9.59 Å². The molecule has 1 heterocycles. The Bertz CT molecular complexity index is 322. The number of rotatable bonds is 4. The van der Waals surface area contributed by atoms with Gasteiger partial charge in [-0.05, 0) is 5.21 Å². The van der Waals surface area contributed by atoms with E-state index in [1.54, 1.807) is 0 Å². The number of carboxylic acid groups (broad SMARTS) is 1. The Labute approximate surface area is 78.9 Å². The first kappa shape index (κ1) is 10.1. The molecule has 8 heteroatoms. The van der Waals surface area contributed by atoms with Gasteiger partial charge in [0.15, 0.2) is 0 Å². The van der Waals surface area contributed by atoms with Crippen molar-refractivity contribution in [1.29, 1.82) is 0 Å². The zero-order valence-corrected chi connectivity index (χ0v) is 7.47. The summed E-state index contributed by atoms with van der Waals surface area (Å²) < 4.78 is 0. The molecule has 0 unspecified atom stereocenters. The maximum Gasteiger partial charge on any atom is 0.305 e. The molecule has 0 atom stereocenters. The number of carbonyl (C=O) groups excluding carboxylic acids is 1. The van der Waals surface area contributed by atoms with Gasteiger partial charge < -0.3 is 10.0 Å². The van der Waals surface area contributed by atoms with E-state index in [-0.39, 0.29) is 18.8 Å². The van der Waals surface area contributed by atoms with Crippen LogP contribution in [0.2, 0.25) is 0 Å². The molecule has 8 nitrogen and oxygen atoms in total. The number of carboxylic acids is 1. The van der Waals surface area contributed by atoms with Gasteiger partial charge in [-0.2, -0.15) is 5.21 Å². The number of tetrazole rings is 1. The molecule has 1 rings (SSSR count). The Morgan fingerprint density at radius 2 is 2.29 bits per heavy atom. The molecular formula is C6H9N5O3. The maximum atomic E-state index is 11.4. The van der Waals surface area contributed by atoms with Crippen LogP contribution in [0.4, 0.5) is 0 Å². The lowest BCUT2D eigenvalue weighted by molar-refractivity contribution is -0.137. The summed E-state index contributed by atoms with van der Waals surface area (Å²) in [6, 6.07) is 0. The van der Waals surface area contributed by atoms with Crippen molar-refractivity contribution in [3.63, 3.8) is 0 Å². The Morgan fingerprint density at radius 3 is 2.79 bits per heavy atom. The Hall–Kier alpha value is -1.99. The molecule has 0 aromatic carbocycles. The molecule has 0 aliphatic heterocycles. The number of aliphatic carboxylic acids is 1. The third-order valence-corrected chi connectivity index (χ3v) is 1.54. The van der Waals surface area contributed by atoms with E-state index in [9.17, 15) is 9.59 Å². The minimum atomic E-state index is -0.960. The van der Waals surface area contributed by atoms with Crippen LogP contribution in [0.5, 0.6) is 0 Å². The van der Waals surface area contributed by atoms with Gasteiger partial charge in [0.2, 0.25) is 0 Å². The van der Waals surface area contributed by atoms with Crippen molar-refractivity contribution in [2.75, 3.05) is 13.6 Å². The average molecular weight is 199 g/mol. The molecule has 1 aromatic rings. The number of H-pyrrole nitrogens is 1. The van der Waals surface area contributed by atoms with Crippen LogP contribution in [-0.4, -0.2) is 56.1 Å². The third-order valence-electron chi connectivity index (χ3n) is 1.54. The summed E-state index contributed by atoms with van der Waals surface area (Å²) in [5.74, 6) is -1.49. The first-order valence-electron chi connectivity index (χ1n) is 3.82. The molecule has 1 aromatic heterocycles. The van der Waals surface area contributed by atoms with Gasteiger partial charge in [-0.1, -0.05) is 0 Å². The molecular weight excluding hydrogens is 190 g/mol. The fraction of sp³-hybridized carbons (Fsp3) is 0.500. The Kier molecular flexibility index (Phi) is 3.10. The van der Waals surface area contributed by atoms with Crippen LogP contribution in [0.3, 0.4) is 0 Å². The van der Waals surface area contributed by atoms with Crippen LogP contribution in [0, 0.1) is 0 Å². The summed E-state index contributed by atoms with van der Waals surface area (Å²) >= 11 is 0. The molecule has 0 aliphatic rings. The highest BCUT2D eigenvalue weighted by Gasteiger charge is 2.16. The first-order chi connectivity index (χ1) is 6.61. The SMILES string of the molecule is CN(CCC(=O)O)C(=O)c1nn[nH]n1. The number of nitrogens with zero attached hydrogens (tertiary/aromatic N) is 4. The van der Waals surface area contributed by atoms with Crippen molar-refractivity contribution in [2.24, 2.45) is 0 Å². The molecule has 0 radical (unpaired) electrons. The van der Waals surface area contributed by atoms with Crippen LogP contribution in [0.1, 0.15) is 17.0 Å². The van der Waals surface area contributed by atoms with Gasteiger partial charge in [0, 0.05) is 13.6 Å². The number of hydrogen-bond acceptors (Lipinski definition) is 5. The van der Waals surface area contributed by atoms with Crippen LogP contribution in [0.15, 0.2) is 0 Å². The standard InChI is InChI=1S/C6H9N5O3/c1-11(3-2-4(12)13)6(14)5-7-9-10-8-5/h2-3H2,1H3,(H,12,13)(H,7,8,9,10). The second-order valence-electron chi connectivity index (χ2n) is 2.61. The van der Waals surface area contributed by atoms with Gasteiger partial charge in [-0.25, -0.2) is 0 Å². The quantitative estimate of drug-likeness (QED) is 0.626. The monoisotopic (exact) mass is 199 g/mol. The van der Waals surface area contributed by atoms with E-state index in [0.717, 1.165) is 0 Å². The van der Waals surface area contributed by atoms with E-state index < -0.39 is 11.9 Å². The summed E-state index contributed by atoms with van der Waals surface area (Å²) in [6.07, 6.45) is -0.111. The molecule has 1 amide bonds. The minimum absolute atomic E-state index is 0.0714. The van der Waals surface area contributed by atoms with Crippen LogP contribution < -0.4 is 0 Å². The number of aromatic amines is 1. The summed E-state index contributed by atoms with van der Waals surface area (Å²) in [5, 5.41) is 20.7. The first-order valence-corrected chi connectivity index (χ1v) is 3.82. The Morgan fingerprint density at radius 1 is 1.57 bits per heavy atom. The topological polar surface area (TPSA) is 112 Å². The van der Waals surface area contributed by atoms with Crippen molar-refractivity contribution >= 4 is 11.9 Å². The second-order valence-corrected chi connectivity index (χ2v) is 2.61. The lowest BCUT2D eigenvalue weighted by Crippen LogP contribution is -2.29. The summed E-state index contributed by atoms with van der Waals surface area (Å²) in [5.41, 5.74) is 0. The zero-order valence-electron chi connectivity index (χ0n) is 7.47. The third kappa shape index (κ3) is 2.51. The molecule has 0 aliphatic carbocycles. The van der Waals surface area contributed by atoms with Gasteiger partial charge in [0.05, 0.1) is 6.42 Å². The summed E-state index contributed by atoms with van der Waals surface area (Å²) in [6.45, 7) is 0.114. The predicted octanol–water partition coefficient (Wildman–Crippen LogP) is -1.25. The Balaban J connectivity index is 2.49. The molecule has 0 saturated heterocycles. The molecule has 0 saturated carbocycles. The van der Waals surface area contributed by atoms with Crippen LogP contribution >= 0.6 is 0 Å². The van der Waals surface area contributed by atoms with Crippen molar-refractivity contribution in [2.45, 2.75) is 6.42 Å².